The number of nitrogens with zero attached hydrogens (tertiary/aromatic N) is 3. The van der Waals surface area contributed by atoms with Crippen molar-refractivity contribution < 1.29 is 34.3 Å². The molecule has 2 fully saturated rings. The molecule has 2 aromatic rings. The van der Waals surface area contributed by atoms with E-state index in [1.807, 2.05) is 57.4 Å². The molecule has 6 rings (SSSR count). The lowest BCUT2D eigenvalue weighted by Crippen LogP contribution is -2.74. The molecule has 0 spiro atoms. The van der Waals surface area contributed by atoms with Crippen LogP contribution in [-0.2, 0) is 25.1 Å². The molecule has 1 aromatic heterocycles. The topological polar surface area (TPSA) is 114 Å². The smallest absolute Gasteiger partial charge is 0.279 e. The van der Waals surface area contributed by atoms with Crippen molar-refractivity contribution in [3.8, 4) is 5.75 Å². The molecule has 204 valence electrons. The molecule has 1 aromatic carbocycles. The van der Waals surface area contributed by atoms with Gasteiger partial charge in [-0.25, -0.2) is 9.78 Å². The Bertz CT molecular complexity index is 1390. The number of ether oxygens (including phenoxy) is 1. The van der Waals surface area contributed by atoms with Gasteiger partial charge < -0.3 is 24.4 Å². The van der Waals surface area contributed by atoms with E-state index < -0.39 is 41.1 Å². The number of piperazine rings is 1. The summed E-state index contributed by atoms with van der Waals surface area (Å²) in [5.74, 6) is -0.423. The average molecular weight is 526 g/mol. The Morgan fingerprint density at radius 2 is 1.89 bits per heavy atom. The van der Waals surface area contributed by atoms with Crippen molar-refractivity contribution in [2.45, 2.75) is 89.1 Å². The van der Waals surface area contributed by atoms with E-state index in [2.05, 4.69) is 0 Å². The first-order chi connectivity index (χ1) is 17.8. The molecule has 10 nitrogen and oxygen atoms in total. The van der Waals surface area contributed by atoms with Crippen LogP contribution in [0.1, 0.15) is 77.3 Å². The fourth-order valence-corrected chi connectivity index (χ4v) is 6.95. The predicted octanol–water partition coefficient (Wildman–Crippen LogP) is 3.03. The maximum Gasteiger partial charge on any atom is 0.279 e. The number of aromatic nitrogens is 1. The van der Waals surface area contributed by atoms with Crippen LogP contribution in [0.15, 0.2) is 29.8 Å². The SMILES string of the molecule is COc1ccc2c3c4n(c2c1)C(C)(C=C(C)C)OOC(C)(C)CC4N1C(=O)C2CCCN2C(=O)C1(O)C3O. The maximum atomic E-state index is 14.1. The summed E-state index contributed by atoms with van der Waals surface area (Å²) in [6.45, 7) is 9.81. The van der Waals surface area contributed by atoms with Crippen LogP contribution >= 0.6 is 0 Å². The van der Waals surface area contributed by atoms with Crippen molar-refractivity contribution in [2.24, 2.45) is 0 Å². The summed E-state index contributed by atoms with van der Waals surface area (Å²) in [7, 11) is 1.57. The molecule has 5 atom stereocenters. The normalized spacial score (nSPS) is 33.8. The fourth-order valence-electron chi connectivity index (χ4n) is 6.95. The Balaban J connectivity index is 1.74. The number of carbonyl (C=O) groups is 2. The van der Waals surface area contributed by atoms with Gasteiger partial charge >= 0.3 is 0 Å². The van der Waals surface area contributed by atoms with E-state index >= 15 is 0 Å². The first-order valence-corrected chi connectivity index (χ1v) is 13.1. The van der Waals surface area contributed by atoms with E-state index in [0.717, 1.165) is 5.57 Å². The fraction of sp³-hybridized carbons (Fsp3) is 0.571. The number of aliphatic hydroxyl groups excluding tert-OH is 1. The van der Waals surface area contributed by atoms with Gasteiger partial charge in [-0.3, -0.25) is 14.5 Å². The molecule has 5 unspecified atom stereocenters. The lowest BCUT2D eigenvalue weighted by Gasteiger charge is -2.56. The zero-order chi connectivity index (χ0) is 27.4. The van der Waals surface area contributed by atoms with Crippen molar-refractivity contribution in [1.29, 1.82) is 0 Å². The first-order valence-electron chi connectivity index (χ1n) is 13.1. The first kappa shape index (κ1) is 25.4. The Labute approximate surface area is 221 Å². The van der Waals surface area contributed by atoms with E-state index in [4.69, 9.17) is 14.5 Å². The largest absolute Gasteiger partial charge is 0.497 e. The van der Waals surface area contributed by atoms with Crippen molar-refractivity contribution in [2.75, 3.05) is 13.7 Å². The number of amides is 2. The quantitative estimate of drug-likeness (QED) is 0.458. The lowest BCUT2D eigenvalue weighted by atomic mass is 9.79. The van der Waals surface area contributed by atoms with Crippen molar-refractivity contribution >= 4 is 22.7 Å². The minimum absolute atomic E-state index is 0.221. The molecule has 4 aliphatic rings. The Hall–Kier alpha value is -2.92. The third-order valence-corrected chi connectivity index (χ3v) is 8.37. The second kappa shape index (κ2) is 8.05. The van der Waals surface area contributed by atoms with Gasteiger partial charge in [0.1, 0.15) is 23.5 Å². The van der Waals surface area contributed by atoms with E-state index in [0.29, 0.717) is 47.3 Å². The number of aliphatic hydroxyl groups is 2. The van der Waals surface area contributed by atoms with E-state index in [1.165, 1.54) is 9.80 Å². The van der Waals surface area contributed by atoms with Crippen molar-refractivity contribution in [3.63, 3.8) is 0 Å². The van der Waals surface area contributed by atoms with Crippen LogP contribution in [0.5, 0.6) is 5.75 Å². The lowest BCUT2D eigenvalue weighted by molar-refractivity contribution is -0.420. The molecule has 0 saturated carbocycles. The van der Waals surface area contributed by atoms with Gasteiger partial charge in [-0.15, -0.1) is 0 Å². The van der Waals surface area contributed by atoms with Gasteiger partial charge in [0.2, 0.25) is 5.91 Å². The van der Waals surface area contributed by atoms with Crippen LogP contribution in [0.4, 0.5) is 0 Å². The van der Waals surface area contributed by atoms with Crippen LogP contribution < -0.4 is 4.74 Å². The molecular formula is C28H35N3O7. The highest BCUT2D eigenvalue weighted by Crippen LogP contribution is 2.56. The number of carbonyl (C=O) groups excluding carboxylic acids is 2. The van der Waals surface area contributed by atoms with Gasteiger partial charge in [0, 0.05) is 30.0 Å². The number of benzene rings is 1. The third-order valence-electron chi connectivity index (χ3n) is 8.37. The molecule has 10 heteroatoms. The van der Waals surface area contributed by atoms with E-state index in [9.17, 15) is 19.8 Å². The van der Waals surface area contributed by atoms with Crippen molar-refractivity contribution in [3.05, 3.63) is 41.1 Å². The zero-order valence-electron chi connectivity index (χ0n) is 22.6. The van der Waals surface area contributed by atoms with Crippen LogP contribution in [0.25, 0.3) is 10.9 Å². The second-order valence-electron chi connectivity index (χ2n) is 11.9. The highest BCUT2D eigenvalue weighted by atomic mass is 17.2. The minimum Gasteiger partial charge on any atom is -0.497 e. The minimum atomic E-state index is -2.45. The van der Waals surface area contributed by atoms with Gasteiger partial charge in [0.25, 0.3) is 11.6 Å². The van der Waals surface area contributed by atoms with Gasteiger partial charge in [0.05, 0.1) is 24.4 Å². The number of methoxy groups -OCH3 is 1. The molecule has 0 radical (unpaired) electrons. The van der Waals surface area contributed by atoms with Crippen LogP contribution in [-0.4, -0.2) is 67.4 Å². The summed E-state index contributed by atoms with van der Waals surface area (Å²) in [5, 5.41) is 24.7. The predicted molar refractivity (Wildman–Crippen MR) is 137 cm³/mol. The van der Waals surface area contributed by atoms with E-state index in [-0.39, 0.29) is 12.3 Å². The molecule has 4 aliphatic heterocycles. The van der Waals surface area contributed by atoms with Gasteiger partial charge in [0.15, 0.2) is 5.72 Å². The van der Waals surface area contributed by atoms with Gasteiger partial charge in [-0.1, -0.05) is 5.57 Å². The Kier molecular flexibility index (Phi) is 5.37. The number of allylic oxidation sites excluding steroid dienone is 1. The highest BCUT2D eigenvalue weighted by molar-refractivity contribution is 6.02. The Morgan fingerprint density at radius 1 is 1.16 bits per heavy atom. The standard InChI is InChI=1S/C28H35N3O7/c1-15(2)13-27(5)30-19-12-16(36-6)9-10-17(19)21-22(30)20(14-26(3,4)37-38-27)31-24(33)18-8-7-11-29(18)25(34)28(31,35)23(21)32/h9-10,12-13,18,20,23,32,35H,7-8,11,14H2,1-6H3. The summed E-state index contributed by atoms with van der Waals surface area (Å²) in [5.41, 5.74) is -1.91. The van der Waals surface area contributed by atoms with Crippen LogP contribution in [0.3, 0.4) is 0 Å². The van der Waals surface area contributed by atoms with Crippen LogP contribution in [0.2, 0.25) is 0 Å². The molecule has 2 saturated heterocycles. The Morgan fingerprint density at radius 3 is 2.58 bits per heavy atom. The molecule has 2 amide bonds. The number of rotatable bonds is 2. The monoisotopic (exact) mass is 525 g/mol. The van der Waals surface area contributed by atoms with Crippen molar-refractivity contribution in [1.82, 2.24) is 14.4 Å². The molecule has 0 bridgehead atoms. The number of hydrogen-bond acceptors (Lipinski definition) is 7. The third kappa shape index (κ3) is 3.20. The van der Waals surface area contributed by atoms with E-state index in [1.54, 1.807) is 13.2 Å². The van der Waals surface area contributed by atoms with Gasteiger partial charge in [-0.05, 0) is 65.7 Å². The summed E-state index contributed by atoms with van der Waals surface area (Å²) >= 11 is 0. The average Bonchev–Trinajstić information content (AvgIpc) is 3.47. The summed E-state index contributed by atoms with van der Waals surface area (Å²) in [6.07, 6.45) is 1.64. The number of fused-ring (bicyclic) bond motifs is 6. The molecule has 0 aliphatic carbocycles. The summed E-state index contributed by atoms with van der Waals surface area (Å²) in [4.78, 5) is 42.8. The molecule has 2 N–H and O–H groups in total. The maximum absolute atomic E-state index is 14.1. The zero-order valence-corrected chi connectivity index (χ0v) is 22.6. The van der Waals surface area contributed by atoms with Gasteiger partial charge in [-0.2, -0.15) is 0 Å². The molecular weight excluding hydrogens is 490 g/mol. The highest BCUT2D eigenvalue weighted by Gasteiger charge is 2.67. The second-order valence-corrected chi connectivity index (χ2v) is 11.9. The number of hydrogen-bond donors (Lipinski definition) is 2. The molecule has 5 heterocycles. The summed E-state index contributed by atoms with van der Waals surface area (Å²) < 4.78 is 7.44. The van der Waals surface area contributed by atoms with Crippen LogP contribution in [0, 0.1) is 0 Å². The summed E-state index contributed by atoms with van der Waals surface area (Å²) in [6, 6.07) is 3.97. The molecule has 38 heavy (non-hydrogen) atoms.